The maximum atomic E-state index is 5.03. The summed E-state index contributed by atoms with van der Waals surface area (Å²) < 4.78 is 0. The molecule has 0 saturated carbocycles. The quantitative estimate of drug-likeness (QED) is 0.156. The fraction of sp³-hybridized carbons (Fsp3) is 0.0698. The van der Waals surface area contributed by atoms with Crippen LogP contribution < -0.4 is 0 Å². The number of hydrogen-bond donors (Lipinski definition) is 1. The second kappa shape index (κ2) is 9.58. The predicted octanol–water partition coefficient (Wildman–Crippen LogP) is 11.8. The van der Waals surface area contributed by atoms with Gasteiger partial charge in [0.2, 0.25) is 0 Å². The molecule has 208 valence electrons. The minimum Gasteiger partial charge on any atom is -0.178 e. The van der Waals surface area contributed by atoms with E-state index in [1.165, 1.54) is 87.6 Å². The molecule has 0 amide bonds. The van der Waals surface area contributed by atoms with Crippen molar-refractivity contribution in [2.75, 3.05) is 5.75 Å². The van der Waals surface area contributed by atoms with Crippen molar-refractivity contribution in [3.8, 4) is 33.4 Å². The highest BCUT2D eigenvalue weighted by atomic mass is 32.1. The summed E-state index contributed by atoms with van der Waals surface area (Å²) in [5.41, 5.74) is 10.3. The summed E-state index contributed by atoms with van der Waals surface area (Å²) in [6.07, 6.45) is 0. The maximum absolute atomic E-state index is 5.03. The molecule has 0 nitrogen and oxygen atoms in total. The minimum absolute atomic E-state index is 0.222. The Hall–Kier alpha value is -4.85. The molecule has 0 saturated heterocycles. The van der Waals surface area contributed by atoms with E-state index in [0.717, 1.165) is 5.75 Å². The Labute approximate surface area is 263 Å². The van der Waals surface area contributed by atoms with Gasteiger partial charge < -0.3 is 0 Å². The van der Waals surface area contributed by atoms with Crippen molar-refractivity contribution in [3.63, 3.8) is 0 Å². The first-order chi connectivity index (χ1) is 21.6. The predicted molar refractivity (Wildman–Crippen MR) is 193 cm³/mol. The first kappa shape index (κ1) is 25.6. The van der Waals surface area contributed by atoms with E-state index in [-0.39, 0.29) is 5.41 Å². The van der Waals surface area contributed by atoms with Crippen LogP contribution in [-0.4, -0.2) is 5.75 Å². The van der Waals surface area contributed by atoms with E-state index in [9.17, 15) is 0 Å². The monoisotopic (exact) mass is 578 g/mol. The van der Waals surface area contributed by atoms with E-state index in [0.29, 0.717) is 0 Å². The lowest BCUT2D eigenvalue weighted by molar-refractivity contribution is 0.676. The van der Waals surface area contributed by atoms with Crippen molar-refractivity contribution >= 4 is 55.7 Å². The van der Waals surface area contributed by atoms with Crippen LogP contribution in [0.3, 0.4) is 0 Å². The van der Waals surface area contributed by atoms with Crippen molar-refractivity contribution in [2.24, 2.45) is 0 Å². The third-order valence-corrected chi connectivity index (χ3v) is 10.6. The van der Waals surface area contributed by atoms with Gasteiger partial charge in [-0.25, -0.2) is 0 Å². The van der Waals surface area contributed by atoms with Gasteiger partial charge in [-0.05, 0) is 112 Å². The van der Waals surface area contributed by atoms with Crippen LogP contribution in [0, 0.1) is 0 Å². The highest BCUT2D eigenvalue weighted by molar-refractivity contribution is 7.80. The topological polar surface area (TPSA) is 0 Å². The molecule has 0 heterocycles. The molecular formula is C43H30S. The molecule has 0 bridgehead atoms. The molecule has 0 aliphatic heterocycles. The fourth-order valence-corrected chi connectivity index (χ4v) is 8.09. The molecule has 0 unspecified atom stereocenters. The van der Waals surface area contributed by atoms with E-state index in [1.54, 1.807) is 0 Å². The van der Waals surface area contributed by atoms with Gasteiger partial charge in [0.25, 0.3) is 0 Å². The lowest BCUT2D eigenvalue weighted by Crippen LogP contribution is -2.22. The summed E-state index contributed by atoms with van der Waals surface area (Å²) in [6.45, 7) is 2.38. The highest BCUT2D eigenvalue weighted by Gasteiger charge is 2.39. The van der Waals surface area contributed by atoms with Crippen LogP contribution in [-0.2, 0) is 5.41 Å². The Kier molecular flexibility index (Phi) is 5.58. The third-order valence-electron chi connectivity index (χ3n) is 9.95. The Bertz CT molecular complexity index is 2170. The first-order valence-electron chi connectivity index (χ1n) is 15.4. The van der Waals surface area contributed by atoms with Crippen molar-refractivity contribution in [2.45, 2.75) is 12.3 Å². The standard InChI is InChI=1S/C43H30S/c1-43(26-44)39-24-31(41-33-14-6-2-10-27(33)22-28-11-3-7-15-34(28)41)18-20-37(39)38-21-19-32(25-40(38)43)42-35-16-8-4-12-29(35)23-30-13-5-9-17-36(30)42/h2-25,44H,26H2,1H3. The molecule has 0 N–H and O–H groups in total. The fourth-order valence-electron chi connectivity index (χ4n) is 7.75. The van der Waals surface area contributed by atoms with Gasteiger partial charge in [0.15, 0.2) is 0 Å². The number of hydrogen-bond acceptors (Lipinski definition) is 1. The summed E-state index contributed by atoms with van der Waals surface area (Å²) in [4.78, 5) is 0. The molecule has 0 aromatic heterocycles. The second-order valence-corrected chi connectivity index (χ2v) is 12.7. The second-order valence-electron chi connectivity index (χ2n) is 12.4. The normalized spacial score (nSPS) is 13.5. The van der Waals surface area contributed by atoms with Crippen LogP contribution in [0.25, 0.3) is 76.5 Å². The Morgan fingerprint density at radius 1 is 0.432 bits per heavy atom. The Balaban J connectivity index is 1.27. The van der Waals surface area contributed by atoms with Gasteiger partial charge in [-0.1, -0.05) is 128 Å². The number of rotatable bonds is 3. The average molecular weight is 579 g/mol. The summed E-state index contributed by atoms with van der Waals surface area (Å²) in [7, 11) is 0. The van der Waals surface area contributed by atoms with E-state index in [4.69, 9.17) is 12.6 Å². The molecular weight excluding hydrogens is 549 g/mol. The summed E-state index contributed by atoms with van der Waals surface area (Å²) in [6, 6.07) is 54.0. The molecule has 1 aliphatic carbocycles. The molecule has 0 spiro atoms. The third kappa shape index (κ3) is 3.60. The lowest BCUT2D eigenvalue weighted by atomic mass is 9.79. The van der Waals surface area contributed by atoms with E-state index in [2.05, 4.69) is 153 Å². The number of benzene rings is 8. The molecule has 0 atom stereocenters. The van der Waals surface area contributed by atoms with Crippen LogP contribution in [0.4, 0.5) is 0 Å². The van der Waals surface area contributed by atoms with Crippen LogP contribution in [0.1, 0.15) is 18.1 Å². The Morgan fingerprint density at radius 3 is 1.11 bits per heavy atom. The van der Waals surface area contributed by atoms with Crippen LogP contribution in [0.2, 0.25) is 0 Å². The van der Waals surface area contributed by atoms with E-state index < -0.39 is 0 Å². The van der Waals surface area contributed by atoms with Crippen LogP contribution in [0.15, 0.2) is 146 Å². The SMILES string of the molecule is CC1(CS)c2cc(-c3c4ccccc4cc4ccccc34)ccc2-c2ccc(-c3c4ccccc4cc4ccccc34)cc21. The largest absolute Gasteiger partial charge is 0.178 e. The molecule has 1 aliphatic rings. The van der Waals surface area contributed by atoms with Crippen molar-refractivity contribution < 1.29 is 0 Å². The summed E-state index contributed by atoms with van der Waals surface area (Å²) in [5.74, 6) is 0.729. The Morgan fingerprint density at radius 2 is 0.773 bits per heavy atom. The van der Waals surface area contributed by atoms with E-state index >= 15 is 0 Å². The number of thiol groups is 1. The molecule has 44 heavy (non-hydrogen) atoms. The lowest BCUT2D eigenvalue weighted by Gasteiger charge is -2.26. The van der Waals surface area contributed by atoms with Gasteiger partial charge in [0.1, 0.15) is 0 Å². The van der Waals surface area contributed by atoms with Gasteiger partial charge in [0, 0.05) is 11.2 Å². The zero-order valence-corrected chi connectivity index (χ0v) is 25.4. The molecule has 1 heteroatoms. The van der Waals surface area contributed by atoms with Crippen molar-refractivity contribution in [3.05, 3.63) is 157 Å². The first-order valence-corrected chi connectivity index (χ1v) is 16.0. The summed E-state index contributed by atoms with van der Waals surface area (Å²) in [5, 5.41) is 10.3. The molecule has 0 fully saturated rings. The van der Waals surface area contributed by atoms with Gasteiger partial charge in [-0.3, -0.25) is 0 Å². The maximum Gasteiger partial charge on any atom is 0.0275 e. The van der Waals surface area contributed by atoms with Crippen LogP contribution >= 0.6 is 12.6 Å². The number of fused-ring (bicyclic) bond motifs is 7. The molecule has 0 radical (unpaired) electrons. The zero-order chi connectivity index (χ0) is 29.4. The summed E-state index contributed by atoms with van der Waals surface area (Å²) >= 11 is 5.03. The van der Waals surface area contributed by atoms with Crippen LogP contribution in [0.5, 0.6) is 0 Å². The smallest absolute Gasteiger partial charge is 0.0275 e. The molecule has 8 aromatic carbocycles. The van der Waals surface area contributed by atoms with Crippen molar-refractivity contribution in [1.29, 1.82) is 0 Å². The average Bonchev–Trinajstić information content (AvgIpc) is 3.33. The highest BCUT2D eigenvalue weighted by Crippen LogP contribution is 2.52. The zero-order valence-electron chi connectivity index (χ0n) is 24.5. The van der Waals surface area contributed by atoms with Gasteiger partial charge >= 0.3 is 0 Å². The van der Waals surface area contributed by atoms with Crippen molar-refractivity contribution in [1.82, 2.24) is 0 Å². The molecule has 8 aromatic rings. The molecule has 9 rings (SSSR count). The van der Waals surface area contributed by atoms with Gasteiger partial charge in [-0.15, -0.1) is 0 Å². The van der Waals surface area contributed by atoms with Gasteiger partial charge in [-0.2, -0.15) is 12.6 Å². The van der Waals surface area contributed by atoms with Gasteiger partial charge in [0.05, 0.1) is 0 Å². The minimum atomic E-state index is -0.222. The van der Waals surface area contributed by atoms with E-state index in [1.807, 2.05) is 0 Å².